The van der Waals surface area contributed by atoms with Crippen molar-refractivity contribution >= 4 is 29.1 Å². The predicted molar refractivity (Wildman–Crippen MR) is 81.3 cm³/mol. The minimum absolute atomic E-state index is 0.426. The summed E-state index contributed by atoms with van der Waals surface area (Å²) in [7, 11) is 0. The highest BCUT2D eigenvalue weighted by Gasteiger charge is 2.23. The Labute approximate surface area is 121 Å². The third kappa shape index (κ3) is 2.67. The SMILES string of the molecule is Nc1ccc(SCC2COc3ccccc32)c(Cl)c1. The molecule has 0 aromatic heterocycles. The zero-order valence-electron chi connectivity index (χ0n) is 10.3. The van der Waals surface area contributed by atoms with Gasteiger partial charge in [-0.2, -0.15) is 0 Å². The van der Waals surface area contributed by atoms with Gasteiger partial charge in [0, 0.05) is 27.8 Å². The van der Waals surface area contributed by atoms with Gasteiger partial charge in [0.15, 0.2) is 0 Å². The highest BCUT2D eigenvalue weighted by Crippen LogP contribution is 2.38. The van der Waals surface area contributed by atoms with E-state index in [-0.39, 0.29) is 0 Å². The van der Waals surface area contributed by atoms with Gasteiger partial charge in [0.1, 0.15) is 5.75 Å². The molecular weight excluding hydrogens is 278 g/mol. The van der Waals surface area contributed by atoms with E-state index in [1.807, 2.05) is 24.3 Å². The van der Waals surface area contributed by atoms with Gasteiger partial charge in [-0.05, 0) is 24.3 Å². The van der Waals surface area contributed by atoms with Crippen molar-refractivity contribution in [1.82, 2.24) is 0 Å². The summed E-state index contributed by atoms with van der Waals surface area (Å²) in [4.78, 5) is 1.07. The van der Waals surface area contributed by atoms with Crippen molar-refractivity contribution in [2.24, 2.45) is 0 Å². The zero-order chi connectivity index (χ0) is 13.2. The fourth-order valence-corrected chi connectivity index (χ4v) is 3.56. The fraction of sp³-hybridized carbons (Fsp3) is 0.200. The van der Waals surface area contributed by atoms with Crippen molar-refractivity contribution in [3.63, 3.8) is 0 Å². The standard InChI is InChI=1S/C15H14ClNOS/c16-13-7-11(17)5-6-15(13)19-9-10-8-18-14-4-2-1-3-12(10)14/h1-7,10H,8-9,17H2. The smallest absolute Gasteiger partial charge is 0.122 e. The van der Waals surface area contributed by atoms with Gasteiger partial charge in [-0.3, -0.25) is 0 Å². The van der Waals surface area contributed by atoms with Gasteiger partial charge in [-0.1, -0.05) is 29.8 Å². The number of fused-ring (bicyclic) bond motifs is 1. The lowest BCUT2D eigenvalue weighted by atomic mass is 10.0. The number of benzene rings is 2. The van der Waals surface area contributed by atoms with Gasteiger partial charge in [-0.25, -0.2) is 0 Å². The summed E-state index contributed by atoms with van der Waals surface area (Å²) in [5.74, 6) is 2.40. The minimum atomic E-state index is 0.426. The molecule has 3 rings (SSSR count). The van der Waals surface area contributed by atoms with Crippen molar-refractivity contribution in [1.29, 1.82) is 0 Å². The van der Waals surface area contributed by atoms with Crippen LogP contribution >= 0.6 is 23.4 Å². The van der Waals surface area contributed by atoms with E-state index >= 15 is 0 Å². The molecule has 0 spiro atoms. The molecule has 1 unspecified atom stereocenters. The average Bonchev–Trinajstić information content (AvgIpc) is 2.81. The van der Waals surface area contributed by atoms with Crippen LogP contribution in [0.15, 0.2) is 47.4 Å². The topological polar surface area (TPSA) is 35.2 Å². The molecule has 0 radical (unpaired) electrons. The third-order valence-corrected chi connectivity index (χ3v) is 4.86. The van der Waals surface area contributed by atoms with Gasteiger partial charge >= 0.3 is 0 Å². The van der Waals surface area contributed by atoms with Crippen LogP contribution in [0, 0.1) is 0 Å². The molecule has 0 bridgehead atoms. The van der Waals surface area contributed by atoms with Crippen LogP contribution in [0.4, 0.5) is 5.69 Å². The van der Waals surface area contributed by atoms with Crippen LogP contribution in [-0.2, 0) is 0 Å². The molecule has 2 aromatic carbocycles. The largest absolute Gasteiger partial charge is 0.493 e. The van der Waals surface area contributed by atoms with E-state index in [1.165, 1.54) is 5.56 Å². The number of thioether (sulfide) groups is 1. The Morgan fingerprint density at radius 2 is 2.11 bits per heavy atom. The number of para-hydroxylation sites is 1. The molecule has 19 heavy (non-hydrogen) atoms. The lowest BCUT2D eigenvalue weighted by molar-refractivity contribution is 0.339. The van der Waals surface area contributed by atoms with E-state index in [2.05, 4.69) is 12.1 Å². The molecule has 2 N–H and O–H groups in total. The van der Waals surface area contributed by atoms with Crippen LogP contribution in [0.1, 0.15) is 11.5 Å². The first-order chi connectivity index (χ1) is 9.24. The molecule has 2 aromatic rings. The van der Waals surface area contributed by atoms with E-state index in [9.17, 15) is 0 Å². The van der Waals surface area contributed by atoms with Crippen LogP contribution in [0.5, 0.6) is 5.75 Å². The number of nitrogen functional groups attached to an aromatic ring is 1. The molecule has 1 aliphatic rings. The Hall–Kier alpha value is -1.32. The predicted octanol–water partition coefficient (Wildman–Crippen LogP) is 4.19. The zero-order valence-corrected chi connectivity index (χ0v) is 11.9. The van der Waals surface area contributed by atoms with Crippen LogP contribution in [-0.4, -0.2) is 12.4 Å². The van der Waals surface area contributed by atoms with Crippen LogP contribution in [0.2, 0.25) is 5.02 Å². The van der Waals surface area contributed by atoms with Gasteiger partial charge < -0.3 is 10.5 Å². The van der Waals surface area contributed by atoms with E-state index in [0.717, 1.165) is 28.0 Å². The first-order valence-electron chi connectivity index (χ1n) is 6.13. The van der Waals surface area contributed by atoms with E-state index in [0.29, 0.717) is 11.6 Å². The van der Waals surface area contributed by atoms with Crippen LogP contribution < -0.4 is 10.5 Å². The van der Waals surface area contributed by atoms with Gasteiger partial charge in [0.2, 0.25) is 0 Å². The van der Waals surface area contributed by atoms with E-state index < -0.39 is 0 Å². The van der Waals surface area contributed by atoms with Crippen molar-refractivity contribution in [2.45, 2.75) is 10.8 Å². The second-order valence-corrected chi connectivity index (χ2v) is 6.02. The highest BCUT2D eigenvalue weighted by molar-refractivity contribution is 7.99. The molecule has 2 nitrogen and oxygen atoms in total. The average molecular weight is 292 g/mol. The van der Waals surface area contributed by atoms with Gasteiger partial charge in [0.05, 0.1) is 11.6 Å². The second kappa shape index (κ2) is 5.35. The summed E-state index contributed by atoms with van der Waals surface area (Å²) >= 11 is 7.93. The number of anilines is 1. The van der Waals surface area contributed by atoms with Crippen LogP contribution in [0.3, 0.4) is 0 Å². The molecule has 1 heterocycles. The summed E-state index contributed by atoms with van der Waals surface area (Å²) in [5, 5.41) is 0.720. The number of nitrogens with two attached hydrogens (primary N) is 1. The van der Waals surface area contributed by atoms with Crippen molar-refractivity contribution in [3.8, 4) is 5.75 Å². The molecule has 0 saturated heterocycles. The fourth-order valence-electron chi connectivity index (χ4n) is 2.19. The molecule has 0 amide bonds. The first kappa shape index (κ1) is 12.7. The second-order valence-electron chi connectivity index (χ2n) is 4.55. The summed E-state index contributed by atoms with van der Waals surface area (Å²) in [5.41, 5.74) is 7.69. The molecule has 1 aliphatic heterocycles. The van der Waals surface area contributed by atoms with E-state index in [4.69, 9.17) is 22.1 Å². The number of rotatable bonds is 3. The molecule has 0 aliphatic carbocycles. The molecule has 0 saturated carbocycles. The maximum atomic E-state index is 6.18. The van der Waals surface area contributed by atoms with Gasteiger partial charge in [-0.15, -0.1) is 11.8 Å². The lowest BCUT2D eigenvalue weighted by Crippen LogP contribution is -2.03. The number of halogens is 1. The van der Waals surface area contributed by atoms with Crippen molar-refractivity contribution < 1.29 is 4.74 Å². The molecule has 1 atom stereocenters. The molecule has 98 valence electrons. The Morgan fingerprint density at radius 3 is 2.95 bits per heavy atom. The lowest BCUT2D eigenvalue weighted by Gasteiger charge is -2.09. The normalized spacial score (nSPS) is 17.0. The summed E-state index contributed by atoms with van der Waals surface area (Å²) < 4.78 is 5.68. The summed E-state index contributed by atoms with van der Waals surface area (Å²) in [6.07, 6.45) is 0. The summed E-state index contributed by atoms with van der Waals surface area (Å²) in [6, 6.07) is 13.9. The molecule has 0 fully saturated rings. The maximum absolute atomic E-state index is 6.18. The first-order valence-corrected chi connectivity index (χ1v) is 7.50. The Bertz CT molecular complexity index is 602. The molecule has 4 heteroatoms. The Kier molecular flexibility index (Phi) is 3.58. The Morgan fingerprint density at radius 1 is 1.26 bits per heavy atom. The van der Waals surface area contributed by atoms with E-state index in [1.54, 1.807) is 17.8 Å². The monoisotopic (exact) mass is 291 g/mol. The maximum Gasteiger partial charge on any atom is 0.122 e. The van der Waals surface area contributed by atoms with Gasteiger partial charge in [0.25, 0.3) is 0 Å². The highest BCUT2D eigenvalue weighted by atomic mass is 35.5. The minimum Gasteiger partial charge on any atom is -0.493 e. The molecular formula is C15H14ClNOS. The van der Waals surface area contributed by atoms with Crippen LogP contribution in [0.25, 0.3) is 0 Å². The summed E-state index contributed by atoms with van der Waals surface area (Å²) in [6.45, 7) is 0.749. The Balaban J connectivity index is 1.71. The van der Waals surface area contributed by atoms with Crippen molar-refractivity contribution in [3.05, 3.63) is 53.1 Å². The van der Waals surface area contributed by atoms with Crippen molar-refractivity contribution in [2.75, 3.05) is 18.1 Å². The quantitative estimate of drug-likeness (QED) is 0.680. The third-order valence-electron chi connectivity index (χ3n) is 3.19. The number of hydrogen-bond acceptors (Lipinski definition) is 3. The number of hydrogen-bond donors (Lipinski definition) is 1. The number of ether oxygens (including phenoxy) is 1.